The molecular weight excluding hydrogens is 255 g/mol. The number of allylic oxidation sites excluding steroid dienone is 1. The minimum Gasteiger partial charge on any atom is -0.394 e. The lowest BCUT2D eigenvalue weighted by Gasteiger charge is -2.06. The SMILES string of the molecule is C=C(Cl)Cn1cc(N)c(=O)c(Br)c1. The van der Waals surface area contributed by atoms with Crippen molar-refractivity contribution in [2.75, 3.05) is 5.73 Å². The van der Waals surface area contributed by atoms with Gasteiger partial charge in [-0.05, 0) is 15.9 Å². The lowest BCUT2D eigenvalue weighted by atomic mass is 10.4. The summed E-state index contributed by atoms with van der Waals surface area (Å²) < 4.78 is 2.11. The molecule has 0 aliphatic rings. The van der Waals surface area contributed by atoms with E-state index < -0.39 is 0 Å². The van der Waals surface area contributed by atoms with Crippen molar-refractivity contribution in [1.29, 1.82) is 0 Å². The highest BCUT2D eigenvalue weighted by Crippen LogP contribution is 2.09. The fraction of sp³-hybridized carbons (Fsp3) is 0.125. The summed E-state index contributed by atoms with van der Waals surface area (Å²) in [6.45, 7) is 3.98. The molecule has 0 spiro atoms. The largest absolute Gasteiger partial charge is 0.394 e. The average molecular weight is 264 g/mol. The third-order valence-corrected chi connectivity index (χ3v) is 2.10. The van der Waals surface area contributed by atoms with Crippen molar-refractivity contribution in [3.05, 3.63) is 38.7 Å². The maximum absolute atomic E-state index is 11.2. The van der Waals surface area contributed by atoms with Gasteiger partial charge in [0.2, 0.25) is 5.43 Å². The number of nitrogens with two attached hydrogens (primary N) is 1. The van der Waals surface area contributed by atoms with Crippen molar-refractivity contribution < 1.29 is 0 Å². The number of halogens is 2. The Kier molecular flexibility index (Phi) is 3.17. The molecule has 0 aliphatic heterocycles. The molecule has 0 aromatic carbocycles. The monoisotopic (exact) mass is 262 g/mol. The molecule has 5 heteroatoms. The Balaban J connectivity index is 3.13. The molecule has 0 fully saturated rings. The molecule has 0 unspecified atom stereocenters. The van der Waals surface area contributed by atoms with E-state index in [9.17, 15) is 4.79 Å². The van der Waals surface area contributed by atoms with Gasteiger partial charge in [-0.25, -0.2) is 0 Å². The second-order valence-electron chi connectivity index (χ2n) is 2.58. The molecule has 1 aromatic heterocycles. The van der Waals surface area contributed by atoms with Crippen LogP contribution in [0.3, 0.4) is 0 Å². The van der Waals surface area contributed by atoms with Gasteiger partial charge in [0.15, 0.2) is 0 Å². The first-order valence-corrected chi connectivity index (χ1v) is 4.66. The van der Waals surface area contributed by atoms with E-state index in [4.69, 9.17) is 17.3 Å². The molecular formula is C8H8BrClN2O. The van der Waals surface area contributed by atoms with E-state index in [-0.39, 0.29) is 11.1 Å². The summed E-state index contributed by atoms with van der Waals surface area (Å²) >= 11 is 8.71. The minimum atomic E-state index is -0.212. The molecule has 0 amide bonds. The minimum absolute atomic E-state index is 0.187. The maximum atomic E-state index is 11.2. The zero-order chi connectivity index (χ0) is 10.0. The van der Waals surface area contributed by atoms with Crippen LogP contribution < -0.4 is 11.2 Å². The van der Waals surface area contributed by atoms with Crippen LogP contribution in [0.5, 0.6) is 0 Å². The molecule has 0 bridgehead atoms. The van der Waals surface area contributed by atoms with Gasteiger partial charge >= 0.3 is 0 Å². The Bertz CT molecular complexity index is 373. The van der Waals surface area contributed by atoms with Crippen LogP contribution >= 0.6 is 27.5 Å². The summed E-state index contributed by atoms with van der Waals surface area (Å²) in [4.78, 5) is 11.2. The van der Waals surface area contributed by atoms with E-state index in [2.05, 4.69) is 22.5 Å². The van der Waals surface area contributed by atoms with Crippen LogP contribution in [0.15, 0.2) is 33.3 Å². The van der Waals surface area contributed by atoms with Crippen LogP contribution in [-0.4, -0.2) is 4.57 Å². The first kappa shape index (κ1) is 10.3. The normalized spacial score (nSPS) is 10.0. The Morgan fingerprint density at radius 3 is 2.77 bits per heavy atom. The molecule has 2 N–H and O–H groups in total. The smallest absolute Gasteiger partial charge is 0.218 e. The number of pyridine rings is 1. The number of aromatic nitrogens is 1. The average Bonchev–Trinajstić information content (AvgIpc) is 1.98. The Hall–Kier alpha value is -0.740. The van der Waals surface area contributed by atoms with E-state index in [1.54, 1.807) is 10.8 Å². The standard InChI is InChI=1S/C8H8BrClN2O/c1-5(10)2-12-3-6(9)8(13)7(11)4-12/h3-4H,1-2,11H2. The summed E-state index contributed by atoms with van der Waals surface area (Å²) in [5.41, 5.74) is 5.44. The van der Waals surface area contributed by atoms with E-state index in [1.807, 2.05) is 0 Å². The Morgan fingerprint density at radius 1 is 1.69 bits per heavy atom. The number of hydrogen-bond donors (Lipinski definition) is 1. The molecule has 0 atom stereocenters. The molecule has 1 aromatic rings. The zero-order valence-electron chi connectivity index (χ0n) is 6.76. The fourth-order valence-electron chi connectivity index (χ4n) is 0.906. The lowest BCUT2D eigenvalue weighted by Crippen LogP contribution is -2.13. The van der Waals surface area contributed by atoms with Gasteiger partial charge in [-0.1, -0.05) is 18.2 Å². The maximum Gasteiger partial charge on any atom is 0.218 e. The molecule has 3 nitrogen and oxygen atoms in total. The second-order valence-corrected chi connectivity index (χ2v) is 3.97. The highest BCUT2D eigenvalue weighted by atomic mass is 79.9. The Morgan fingerprint density at radius 2 is 2.31 bits per heavy atom. The van der Waals surface area contributed by atoms with Gasteiger partial charge in [-0.15, -0.1) is 0 Å². The van der Waals surface area contributed by atoms with E-state index in [0.717, 1.165) is 0 Å². The summed E-state index contributed by atoms with van der Waals surface area (Å²) in [7, 11) is 0. The molecule has 13 heavy (non-hydrogen) atoms. The van der Waals surface area contributed by atoms with Crippen LogP contribution in [0.2, 0.25) is 0 Å². The van der Waals surface area contributed by atoms with Gasteiger partial charge < -0.3 is 10.3 Å². The highest BCUT2D eigenvalue weighted by Gasteiger charge is 2.01. The molecule has 0 saturated heterocycles. The summed E-state index contributed by atoms with van der Waals surface area (Å²) in [5, 5.41) is 0.481. The van der Waals surface area contributed by atoms with Crippen LogP contribution in [0.25, 0.3) is 0 Å². The molecule has 1 heterocycles. The predicted octanol–water partition coefficient (Wildman–Crippen LogP) is 1.95. The quantitative estimate of drug-likeness (QED) is 0.886. The van der Waals surface area contributed by atoms with Gasteiger partial charge in [0, 0.05) is 17.4 Å². The van der Waals surface area contributed by atoms with Crippen molar-refractivity contribution in [3.63, 3.8) is 0 Å². The van der Waals surface area contributed by atoms with Gasteiger partial charge in [0.1, 0.15) is 0 Å². The molecule has 1 rings (SSSR count). The van der Waals surface area contributed by atoms with Crippen molar-refractivity contribution >= 4 is 33.2 Å². The number of rotatable bonds is 2. The first-order valence-electron chi connectivity index (χ1n) is 3.49. The van der Waals surface area contributed by atoms with E-state index in [1.165, 1.54) is 6.20 Å². The number of hydrogen-bond acceptors (Lipinski definition) is 2. The summed E-state index contributed by atoms with van der Waals surface area (Å²) in [6, 6.07) is 0. The van der Waals surface area contributed by atoms with Crippen LogP contribution in [-0.2, 0) is 6.54 Å². The number of nitrogen functional groups attached to an aromatic ring is 1. The fourth-order valence-corrected chi connectivity index (χ4v) is 1.54. The zero-order valence-corrected chi connectivity index (χ0v) is 9.10. The first-order chi connectivity index (χ1) is 6.00. The van der Waals surface area contributed by atoms with Gasteiger partial charge in [-0.2, -0.15) is 0 Å². The van der Waals surface area contributed by atoms with Crippen LogP contribution in [0.1, 0.15) is 0 Å². The second kappa shape index (κ2) is 3.98. The third-order valence-electron chi connectivity index (χ3n) is 1.42. The van der Waals surface area contributed by atoms with Gasteiger partial charge in [-0.3, -0.25) is 4.79 Å². The van der Waals surface area contributed by atoms with E-state index in [0.29, 0.717) is 16.0 Å². The van der Waals surface area contributed by atoms with Crippen molar-refractivity contribution in [2.45, 2.75) is 6.54 Å². The van der Waals surface area contributed by atoms with Crippen molar-refractivity contribution in [1.82, 2.24) is 4.57 Å². The summed E-state index contributed by atoms with van der Waals surface area (Å²) in [5.74, 6) is 0. The van der Waals surface area contributed by atoms with Crippen LogP contribution in [0, 0.1) is 0 Å². The van der Waals surface area contributed by atoms with Crippen molar-refractivity contribution in [2.24, 2.45) is 0 Å². The molecule has 0 radical (unpaired) electrons. The Labute approximate surface area is 88.9 Å². The number of nitrogens with zero attached hydrogens (tertiary/aromatic N) is 1. The van der Waals surface area contributed by atoms with Gasteiger partial charge in [0.25, 0.3) is 0 Å². The molecule has 0 aliphatic carbocycles. The summed E-state index contributed by atoms with van der Waals surface area (Å²) in [6.07, 6.45) is 3.15. The highest BCUT2D eigenvalue weighted by molar-refractivity contribution is 9.10. The third kappa shape index (κ3) is 2.60. The van der Waals surface area contributed by atoms with Crippen LogP contribution in [0.4, 0.5) is 5.69 Å². The topological polar surface area (TPSA) is 48.0 Å². The van der Waals surface area contributed by atoms with E-state index >= 15 is 0 Å². The predicted molar refractivity (Wildman–Crippen MR) is 57.8 cm³/mol. The van der Waals surface area contributed by atoms with Crippen molar-refractivity contribution in [3.8, 4) is 0 Å². The van der Waals surface area contributed by atoms with Gasteiger partial charge in [0.05, 0.1) is 16.7 Å². The number of anilines is 1. The lowest BCUT2D eigenvalue weighted by molar-refractivity contribution is 0.801. The molecule has 0 saturated carbocycles. The molecule has 70 valence electrons.